The molecule has 94 valence electrons. The van der Waals surface area contributed by atoms with Crippen molar-refractivity contribution in [3.05, 3.63) is 41.1 Å². The van der Waals surface area contributed by atoms with Crippen LogP contribution in [0.1, 0.15) is 5.76 Å². The third kappa shape index (κ3) is 3.24. The summed E-state index contributed by atoms with van der Waals surface area (Å²) in [6.07, 6.45) is 0. The molecule has 1 aromatic heterocycles. The number of carbonyl (C=O) groups excluding carboxylic acids is 1. The molecule has 6 heteroatoms. The van der Waals surface area contributed by atoms with Crippen molar-refractivity contribution in [3.63, 3.8) is 0 Å². The predicted molar refractivity (Wildman–Crippen MR) is 69.8 cm³/mol. The molecule has 0 aliphatic heterocycles. The van der Waals surface area contributed by atoms with Gasteiger partial charge in [-0.25, -0.2) is 0 Å². The molecule has 2 rings (SSSR count). The van der Waals surface area contributed by atoms with Gasteiger partial charge < -0.3 is 15.2 Å². The Hall–Kier alpha value is -2.01. The largest absolute Gasteiger partial charge is 0.360 e. The van der Waals surface area contributed by atoms with Gasteiger partial charge in [0, 0.05) is 6.07 Å². The molecule has 2 N–H and O–H groups in total. The van der Waals surface area contributed by atoms with E-state index < -0.39 is 0 Å². The molecule has 0 fully saturated rings. The smallest absolute Gasteiger partial charge is 0.243 e. The summed E-state index contributed by atoms with van der Waals surface area (Å²) < 4.78 is 4.87. The van der Waals surface area contributed by atoms with Crippen molar-refractivity contribution < 1.29 is 9.32 Å². The van der Waals surface area contributed by atoms with Gasteiger partial charge in [-0.3, -0.25) is 4.79 Å². The molecule has 18 heavy (non-hydrogen) atoms. The van der Waals surface area contributed by atoms with Gasteiger partial charge >= 0.3 is 0 Å². The first-order chi connectivity index (χ1) is 8.65. The van der Waals surface area contributed by atoms with E-state index in [1.807, 2.05) is 0 Å². The van der Waals surface area contributed by atoms with Crippen LogP contribution in [-0.4, -0.2) is 17.6 Å². The van der Waals surface area contributed by atoms with E-state index >= 15 is 0 Å². The number of nitrogens with zero attached hydrogens (tertiary/aromatic N) is 1. The maximum Gasteiger partial charge on any atom is 0.243 e. The van der Waals surface area contributed by atoms with Crippen molar-refractivity contribution in [2.24, 2.45) is 0 Å². The van der Waals surface area contributed by atoms with E-state index in [0.717, 1.165) is 0 Å². The third-order valence-electron chi connectivity index (χ3n) is 2.21. The lowest BCUT2D eigenvalue weighted by Crippen LogP contribution is -2.21. The predicted octanol–water partition coefficient (Wildman–Crippen LogP) is 2.69. The van der Waals surface area contributed by atoms with E-state index in [-0.39, 0.29) is 12.5 Å². The Morgan fingerprint density at radius 2 is 2.22 bits per heavy atom. The van der Waals surface area contributed by atoms with Crippen molar-refractivity contribution >= 4 is 29.0 Å². The summed E-state index contributed by atoms with van der Waals surface area (Å²) in [6.45, 7) is 1.87. The van der Waals surface area contributed by atoms with Gasteiger partial charge in [0.1, 0.15) is 5.76 Å². The van der Waals surface area contributed by atoms with Crippen LogP contribution >= 0.6 is 11.6 Å². The molecule has 0 saturated heterocycles. The van der Waals surface area contributed by atoms with Crippen LogP contribution in [-0.2, 0) is 4.79 Å². The lowest BCUT2D eigenvalue weighted by atomic mass is 10.3. The number of aryl methyl sites for hydroxylation is 1. The normalized spacial score (nSPS) is 10.1. The Bertz CT molecular complexity index is 554. The number of benzene rings is 1. The van der Waals surface area contributed by atoms with Crippen LogP contribution in [0.5, 0.6) is 0 Å². The number of aromatic nitrogens is 1. The zero-order chi connectivity index (χ0) is 13.0. The average Bonchev–Trinajstić information content (AvgIpc) is 2.76. The Labute approximate surface area is 109 Å². The maximum atomic E-state index is 11.7. The molecule has 0 unspecified atom stereocenters. The number of nitrogens with one attached hydrogen (secondary N) is 2. The molecule has 2 aromatic rings. The van der Waals surface area contributed by atoms with Crippen LogP contribution < -0.4 is 10.6 Å². The number of para-hydroxylation sites is 1. The molecule has 0 aliphatic carbocycles. The molecule has 0 saturated carbocycles. The fourth-order valence-corrected chi connectivity index (χ4v) is 1.56. The van der Waals surface area contributed by atoms with Crippen molar-refractivity contribution in [2.45, 2.75) is 6.92 Å². The van der Waals surface area contributed by atoms with Crippen molar-refractivity contribution in [3.8, 4) is 0 Å². The van der Waals surface area contributed by atoms with Crippen molar-refractivity contribution in [2.75, 3.05) is 17.2 Å². The number of halogens is 1. The first-order valence-electron chi connectivity index (χ1n) is 5.37. The Balaban J connectivity index is 1.88. The standard InChI is InChI=1S/C12H12ClN3O2/c1-8-6-11(16-18-8)14-7-12(17)15-10-5-3-2-4-9(10)13/h2-6H,7H2,1H3,(H,14,16)(H,15,17). The second-order valence-electron chi connectivity index (χ2n) is 3.70. The number of hydrogen-bond acceptors (Lipinski definition) is 4. The second kappa shape index (κ2) is 5.55. The third-order valence-corrected chi connectivity index (χ3v) is 2.54. The van der Waals surface area contributed by atoms with Crippen molar-refractivity contribution in [1.82, 2.24) is 5.16 Å². The molecule has 1 heterocycles. The van der Waals surface area contributed by atoms with E-state index in [1.165, 1.54) is 0 Å². The van der Waals surface area contributed by atoms with E-state index in [0.29, 0.717) is 22.3 Å². The van der Waals surface area contributed by atoms with Gasteiger partial charge in [-0.1, -0.05) is 28.9 Å². The minimum absolute atomic E-state index is 0.0944. The van der Waals surface area contributed by atoms with E-state index in [9.17, 15) is 4.79 Å². The molecule has 5 nitrogen and oxygen atoms in total. The Kier molecular flexibility index (Phi) is 3.84. The SMILES string of the molecule is Cc1cc(NCC(=O)Nc2ccccc2Cl)no1. The number of anilines is 2. The highest BCUT2D eigenvalue weighted by atomic mass is 35.5. The highest BCUT2D eigenvalue weighted by Crippen LogP contribution is 2.20. The van der Waals surface area contributed by atoms with Crippen molar-refractivity contribution in [1.29, 1.82) is 0 Å². The van der Waals surface area contributed by atoms with Crippen LogP contribution in [0, 0.1) is 6.92 Å². The van der Waals surface area contributed by atoms with Crippen LogP contribution in [0.15, 0.2) is 34.9 Å². The molecule has 1 aromatic carbocycles. The summed E-state index contributed by atoms with van der Waals surface area (Å²) in [6, 6.07) is 8.76. The molecular weight excluding hydrogens is 254 g/mol. The minimum Gasteiger partial charge on any atom is -0.360 e. The maximum absolute atomic E-state index is 11.7. The monoisotopic (exact) mass is 265 g/mol. The first-order valence-corrected chi connectivity index (χ1v) is 5.74. The van der Waals surface area contributed by atoms with Gasteiger partial charge in [-0.05, 0) is 19.1 Å². The number of hydrogen-bond donors (Lipinski definition) is 2. The van der Waals surface area contributed by atoms with Gasteiger partial charge in [0.15, 0.2) is 5.82 Å². The molecule has 0 atom stereocenters. The summed E-state index contributed by atoms with van der Waals surface area (Å²) in [5, 5.41) is 9.76. The van der Waals surface area contributed by atoms with Crippen LogP contribution in [0.3, 0.4) is 0 Å². The minimum atomic E-state index is -0.205. The van der Waals surface area contributed by atoms with Gasteiger partial charge in [-0.2, -0.15) is 0 Å². The van der Waals surface area contributed by atoms with Crippen LogP contribution in [0.4, 0.5) is 11.5 Å². The van der Waals surface area contributed by atoms with Gasteiger partial charge in [0.25, 0.3) is 0 Å². The highest BCUT2D eigenvalue weighted by Gasteiger charge is 2.06. The Morgan fingerprint density at radius 3 is 2.89 bits per heavy atom. The zero-order valence-electron chi connectivity index (χ0n) is 9.74. The molecule has 0 spiro atoms. The lowest BCUT2D eigenvalue weighted by molar-refractivity contribution is -0.114. The van der Waals surface area contributed by atoms with Gasteiger partial charge in [0.05, 0.1) is 17.3 Å². The summed E-state index contributed by atoms with van der Waals surface area (Å²) in [5.74, 6) is 1.01. The average molecular weight is 266 g/mol. The quantitative estimate of drug-likeness (QED) is 0.892. The fourth-order valence-electron chi connectivity index (χ4n) is 1.38. The summed E-state index contributed by atoms with van der Waals surface area (Å²) in [5.41, 5.74) is 0.585. The second-order valence-corrected chi connectivity index (χ2v) is 4.11. The van der Waals surface area contributed by atoms with Crippen LogP contribution in [0.25, 0.3) is 0 Å². The Morgan fingerprint density at radius 1 is 1.44 bits per heavy atom. The molecule has 0 aliphatic rings. The van der Waals surface area contributed by atoms with Gasteiger partial charge in [-0.15, -0.1) is 0 Å². The molecular formula is C12H12ClN3O2. The number of carbonyl (C=O) groups is 1. The van der Waals surface area contributed by atoms with Gasteiger partial charge in [0.2, 0.25) is 5.91 Å². The summed E-state index contributed by atoms with van der Waals surface area (Å²) in [4.78, 5) is 11.7. The topological polar surface area (TPSA) is 67.2 Å². The molecule has 0 bridgehead atoms. The van der Waals surface area contributed by atoms with E-state index in [1.54, 1.807) is 37.3 Å². The first kappa shape index (κ1) is 12.4. The lowest BCUT2D eigenvalue weighted by Gasteiger charge is -2.06. The molecule has 0 radical (unpaired) electrons. The summed E-state index contributed by atoms with van der Waals surface area (Å²) in [7, 11) is 0. The fraction of sp³-hybridized carbons (Fsp3) is 0.167. The summed E-state index contributed by atoms with van der Waals surface area (Å²) >= 11 is 5.93. The van der Waals surface area contributed by atoms with E-state index in [4.69, 9.17) is 16.1 Å². The highest BCUT2D eigenvalue weighted by molar-refractivity contribution is 6.33. The van der Waals surface area contributed by atoms with E-state index in [2.05, 4.69) is 15.8 Å². The molecule has 1 amide bonds. The van der Waals surface area contributed by atoms with Crippen LogP contribution in [0.2, 0.25) is 5.02 Å². The number of rotatable bonds is 4. The zero-order valence-corrected chi connectivity index (χ0v) is 10.5. The number of amides is 1.